The minimum Gasteiger partial charge on any atom is -0.350 e. The van der Waals surface area contributed by atoms with E-state index in [9.17, 15) is 4.89 Å². The van der Waals surface area contributed by atoms with Crippen molar-refractivity contribution in [2.45, 2.75) is 45.7 Å². The second kappa shape index (κ2) is 6.35. The van der Waals surface area contributed by atoms with Gasteiger partial charge in [0.05, 0.1) is 19.1 Å². The maximum absolute atomic E-state index is 9.79. The lowest BCUT2D eigenvalue weighted by Gasteiger charge is -2.30. The van der Waals surface area contributed by atoms with Crippen molar-refractivity contribution in [1.29, 1.82) is 5.26 Å². The van der Waals surface area contributed by atoms with E-state index in [0.29, 0.717) is 18.9 Å². The van der Waals surface area contributed by atoms with Crippen molar-refractivity contribution >= 4 is 8.38 Å². The molecular weight excluding hydrogens is 197 g/mol. The van der Waals surface area contributed by atoms with Gasteiger partial charge in [-0.25, -0.2) is 0 Å². The number of hydrogen-bond donors (Lipinski definition) is 1. The molecule has 3 nitrogen and oxygen atoms in total. The van der Waals surface area contributed by atoms with Crippen molar-refractivity contribution in [2.24, 2.45) is 5.92 Å². The van der Waals surface area contributed by atoms with Gasteiger partial charge in [0.25, 0.3) is 0 Å². The molecule has 0 aliphatic rings. The highest BCUT2D eigenvalue weighted by atomic mass is 31.2. The van der Waals surface area contributed by atoms with Crippen LogP contribution < -0.4 is 0 Å². The van der Waals surface area contributed by atoms with Crippen molar-refractivity contribution in [3.05, 3.63) is 0 Å². The summed E-state index contributed by atoms with van der Waals surface area (Å²) in [4.78, 5) is 9.79. The van der Waals surface area contributed by atoms with Gasteiger partial charge in [-0.15, -0.1) is 0 Å². The number of nitrogens with zero attached hydrogens (tertiary/aromatic N) is 1. The lowest BCUT2D eigenvalue weighted by molar-refractivity contribution is 0.290. The summed E-state index contributed by atoms with van der Waals surface area (Å²) < 4.78 is 5.25. The third-order valence-electron chi connectivity index (χ3n) is 1.85. The van der Waals surface area contributed by atoms with E-state index in [1.54, 1.807) is 0 Å². The SMILES string of the molecule is CC(C)CC(C)(C)P(O)OCCC#N. The Morgan fingerprint density at radius 3 is 2.50 bits per heavy atom. The first kappa shape index (κ1) is 13.8. The summed E-state index contributed by atoms with van der Waals surface area (Å²) in [6.07, 6.45) is 1.28. The Kier molecular flexibility index (Phi) is 6.27. The summed E-state index contributed by atoms with van der Waals surface area (Å²) in [5, 5.41) is 8.14. The van der Waals surface area contributed by atoms with Gasteiger partial charge < -0.3 is 9.42 Å². The van der Waals surface area contributed by atoms with Gasteiger partial charge >= 0.3 is 0 Å². The van der Waals surface area contributed by atoms with Crippen LogP contribution in [-0.4, -0.2) is 16.7 Å². The molecule has 0 saturated heterocycles. The minimum absolute atomic E-state index is 0.182. The van der Waals surface area contributed by atoms with E-state index < -0.39 is 8.38 Å². The van der Waals surface area contributed by atoms with Gasteiger partial charge in [0, 0.05) is 5.16 Å². The second-order valence-electron chi connectivity index (χ2n) is 4.42. The van der Waals surface area contributed by atoms with Crippen molar-refractivity contribution in [3.8, 4) is 6.07 Å². The fourth-order valence-electron chi connectivity index (χ4n) is 1.43. The van der Waals surface area contributed by atoms with E-state index >= 15 is 0 Å². The van der Waals surface area contributed by atoms with Crippen LogP contribution in [-0.2, 0) is 4.52 Å². The molecule has 0 bridgehead atoms. The second-order valence-corrected chi connectivity index (χ2v) is 6.44. The zero-order valence-electron chi connectivity index (χ0n) is 9.45. The van der Waals surface area contributed by atoms with E-state index in [2.05, 4.69) is 13.8 Å². The van der Waals surface area contributed by atoms with Crippen LogP contribution in [0.15, 0.2) is 0 Å². The van der Waals surface area contributed by atoms with Gasteiger partial charge in [-0.1, -0.05) is 27.7 Å². The summed E-state index contributed by atoms with van der Waals surface area (Å²) in [6, 6.07) is 1.99. The topological polar surface area (TPSA) is 53.2 Å². The average molecular weight is 217 g/mol. The Hall–Kier alpha value is -0.160. The molecule has 0 aliphatic heterocycles. The summed E-state index contributed by atoms with van der Waals surface area (Å²) in [5.74, 6) is 0.543. The normalized spacial score (nSPS) is 14.1. The average Bonchev–Trinajstić information content (AvgIpc) is 2.02. The molecule has 14 heavy (non-hydrogen) atoms. The maximum Gasteiger partial charge on any atom is 0.173 e. The van der Waals surface area contributed by atoms with Gasteiger partial charge in [0.1, 0.15) is 0 Å². The predicted octanol–water partition coefficient (Wildman–Crippen LogP) is 3.05. The molecule has 0 radical (unpaired) electrons. The molecule has 82 valence electrons. The zero-order valence-corrected chi connectivity index (χ0v) is 10.3. The molecule has 1 unspecified atom stereocenters. The van der Waals surface area contributed by atoms with Crippen molar-refractivity contribution in [1.82, 2.24) is 0 Å². The zero-order chi connectivity index (χ0) is 11.2. The Morgan fingerprint density at radius 1 is 1.50 bits per heavy atom. The molecule has 4 heteroatoms. The van der Waals surface area contributed by atoms with Crippen LogP contribution in [0.25, 0.3) is 0 Å². The van der Waals surface area contributed by atoms with E-state index in [1.165, 1.54) is 0 Å². The molecule has 0 spiro atoms. The van der Waals surface area contributed by atoms with Crippen LogP contribution in [0, 0.1) is 17.2 Å². The fourth-order valence-corrected chi connectivity index (χ4v) is 2.56. The highest BCUT2D eigenvalue weighted by molar-refractivity contribution is 7.48. The first-order valence-electron chi connectivity index (χ1n) is 4.89. The first-order valence-corrected chi connectivity index (χ1v) is 6.10. The molecule has 0 aliphatic carbocycles. The summed E-state index contributed by atoms with van der Waals surface area (Å²) >= 11 is 0. The summed E-state index contributed by atoms with van der Waals surface area (Å²) in [6.45, 7) is 8.59. The van der Waals surface area contributed by atoms with E-state index in [0.717, 1.165) is 6.42 Å². The molecule has 0 amide bonds. The van der Waals surface area contributed by atoms with Crippen molar-refractivity contribution in [2.75, 3.05) is 6.61 Å². The lowest BCUT2D eigenvalue weighted by atomic mass is 10.00. The Morgan fingerprint density at radius 2 is 2.07 bits per heavy atom. The summed E-state index contributed by atoms with van der Waals surface area (Å²) in [7, 11) is -1.42. The quantitative estimate of drug-likeness (QED) is 0.549. The van der Waals surface area contributed by atoms with Crippen LogP contribution in [0.2, 0.25) is 0 Å². The smallest absolute Gasteiger partial charge is 0.173 e. The Bertz CT molecular complexity index is 199. The molecular formula is C10H20NO2P. The van der Waals surface area contributed by atoms with Crippen LogP contribution in [0.1, 0.15) is 40.5 Å². The number of hydrogen-bond acceptors (Lipinski definition) is 3. The van der Waals surface area contributed by atoms with Crippen molar-refractivity contribution < 1.29 is 9.42 Å². The summed E-state index contributed by atoms with van der Waals surface area (Å²) in [5.41, 5.74) is 0. The number of rotatable bonds is 6. The molecule has 0 heterocycles. The van der Waals surface area contributed by atoms with Crippen molar-refractivity contribution in [3.63, 3.8) is 0 Å². The molecule has 0 saturated carbocycles. The predicted molar refractivity (Wildman–Crippen MR) is 58.9 cm³/mol. The third kappa shape index (κ3) is 5.54. The van der Waals surface area contributed by atoms with E-state index in [4.69, 9.17) is 9.79 Å². The molecule has 1 N–H and O–H groups in total. The van der Waals surface area contributed by atoms with Gasteiger partial charge in [0.15, 0.2) is 8.38 Å². The fraction of sp³-hybridized carbons (Fsp3) is 0.900. The number of nitriles is 1. The van der Waals surface area contributed by atoms with Gasteiger partial charge in [-0.2, -0.15) is 5.26 Å². The molecule has 0 fully saturated rings. The molecule has 0 aromatic carbocycles. The standard InChI is InChI=1S/C10H20NO2P/c1-9(2)8-10(3,4)14(12)13-7-5-6-11/h9,12H,5,7-8H2,1-4H3. The third-order valence-corrected chi connectivity index (χ3v) is 3.50. The van der Waals surface area contributed by atoms with E-state index in [1.807, 2.05) is 19.9 Å². The molecule has 1 atom stereocenters. The Balaban J connectivity index is 3.95. The van der Waals surface area contributed by atoms with Crippen LogP contribution in [0.5, 0.6) is 0 Å². The minimum atomic E-state index is -1.42. The van der Waals surface area contributed by atoms with Crippen LogP contribution in [0.4, 0.5) is 0 Å². The largest absolute Gasteiger partial charge is 0.350 e. The highest BCUT2D eigenvalue weighted by Gasteiger charge is 2.30. The highest BCUT2D eigenvalue weighted by Crippen LogP contribution is 2.49. The first-order chi connectivity index (χ1) is 6.40. The Labute approximate surface area is 88.0 Å². The maximum atomic E-state index is 9.79. The monoisotopic (exact) mass is 217 g/mol. The van der Waals surface area contributed by atoms with Crippen LogP contribution in [0.3, 0.4) is 0 Å². The molecule has 0 aromatic rings. The van der Waals surface area contributed by atoms with Crippen LogP contribution >= 0.6 is 8.38 Å². The van der Waals surface area contributed by atoms with Gasteiger partial charge in [0.2, 0.25) is 0 Å². The van der Waals surface area contributed by atoms with Gasteiger partial charge in [-0.05, 0) is 12.3 Å². The van der Waals surface area contributed by atoms with Gasteiger partial charge in [-0.3, -0.25) is 0 Å². The van der Waals surface area contributed by atoms with E-state index in [-0.39, 0.29) is 5.16 Å². The lowest BCUT2D eigenvalue weighted by Crippen LogP contribution is -2.21. The molecule has 0 aromatic heterocycles. The molecule has 0 rings (SSSR count).